The van der Waals surface area contributed by atoms with Gasteiger partial charge in [0.25, 0.3) is 0 Å². The standard InChI is InChI=1S/C42H51N7O5/c1-23(2)34(47-40(51)53-6)39(50)48-19-7-8-33(48)37-43-22-32(45-37)25-11-9-24(10-12-25)26-14-17-30-27(20-26)15-18-31-35(30)46-38(44-31)36-28-13-16-29(21-28)49(36)41(52)54-42(3,4)5/h9-12,14-15,17-18,20,22-23,28-29,33-34,36,39,50H,7-8,13,16,19,21H2,1-6H3,(H,43,45)(H,44,46)(H,47,51). The van der Waals surface area contributed by atoms with Crippen LogP contribution < -0.4 is 5.32 Å². The Hall–Kier alpha value is -4.94. The molecule has 0 spiro atoms. The third-order valence-corrected chi connectivity index (χ3v) is 11.5. The molecule has 2 aliphatic heterocycles. The van der Waals surface area contributed by atoms with Gasteiger partial charge in [-0.05, 0) is 98.9 Å². The van der Waals surface area contributed by atoms with E-state index in [1.807, 2.05) is 50.6 Å². The van der Waals surface area contributed by atoms with Crippen LogP contribution in [0.1, 0.15) is 90.5 Å². The first kappa shape index (κ1) is 36.1. The van der Waals surface area contributed by atoms with Crippen molar-refractivity contribution in [3.05, 3.63) is 72.4 Å². The van der Waals surface area contributed by atoms with E-state index in [9.17, 15) is 14.7 Å². The van der Waals surface area contributed by atoms with Crippen molar-refractivity contribution in [2.24, 2.45) is 11.8 Å². The van der Waals surface area contributed by atoms with Crippen molar-refractivity contribution < 1.29 is 24.2 Å². The lowest BCUT2D eigenvalue weighted by Crippen LogP contribution is -2.54. The SMILES string of the molecule is COC(=O)NC(C(C)C)C(O)N1CCCC1c1ncc(-c2ccc(-c3ccc4c(ccc5[nH]c(C6C7CCC(C7)N6C(=O)OC(C)(C)C)nc54)c3)cc2)[nH]1. The second-order valence-electron chi connectivity index (χ2n) is 16.6. The molecule has 54 heavy (non-hydrogen) atoms. The molecule has 1 aliphatic carbocycles. The van der Waals surface area contributed by atoms with E-state index in [-0.39, 0.29) is 30.1 Å². The minimum atomic E-state index is -0.880. The number of imidazole rings is 2. The highest BCUT2D eigenvalue weighted by Crippen LogP contribution is 2.50. The average molecular weight is 734 g/mol. The molecule has 1 saturated carbocycles. The number of methoxy groups -OCH3 is 1. The zero-order valence-electron chi connectivity index (χ0n) is 31.9. The number of nitrogens with one attached hydrogen (secondary N) is 3. The lowest BCUT2D eigenvalue weighted by atomic mass is 9.98. The van der Waals surface area contributed by atoms with Gasteiger partial charge in [0, 0.05) is 18.0 Å². The number of ether oxygens (including phenoxy) is 2. The number of aliphatic hydroxyl groups excluding tert-OH is 1. The lowest BCUT2D eigenvalue weighted by molar-refractivity contribution is -0.0440. The van der Waals surface area contributed by atoms with Gasteiger partial charge < -0.3 is 29.9 Å². The van der Waals surface area contributed by atoms with Crippen molar-refractivity contribution in [2.75, 3.05) is 13.7 Å². The Morgan fingerprint density at radius 3 is 2.46 bits per heavy atom. The molecular weight excluding hydrogens is 683 g/mol. The van der Waals surface area contributed by atoms with Gasteiger partial charge in [-0.3, -0.25) is 9.80 Å². The van der Waals surface area contributed by atoms with Gasteiger partial charge in [-0.1, -0.05) is 56.3 Å². The molecule has 2 saturated heterocycles. The molecule has 284 valence electrons. The Kier molecular flexibility index (Phi) is 9.38. The molecule has 12 heteroatoms. The summed E-state index contributed by atoms with van der Waals surface area (Å²) in [5.41, 5.74) is 5.45. The number of rotatable bonds is 8. The number of benzene rings is 3. The van der Waals surface area contributed by atoms with Crippen molar-refractivity contribution in [3.63, 3.8) is 0 Å². The van der Waals surface area contributed by atoms with Crippen molar-refractivity contribution in [3.8, 4) is 22.4 Å². The third kappa shape index (κ3) is 6.70. The number of hydrogen-bond donors (Lipinski definition) is 4. The first-order valence-electron chi connectivity index (χ1n) is 19.3. The third-order valence-electron chi connectivity index (χ3n) is 11.5. The summed E-state index contributed by atoms with van der Waals surface area (Å²) in [6.07, 6.45) is 5.03. The van der Waals surface area contributed by atoms with E-state index in [4.69, 9.17) is 19.4 Å². The summed E-state index contributed by atoms with van der Waals surface area (Å²) in [6.45, 7) is 10.4. The van der Waals surface area contributed by atoms with E-state index >= 15 is 0 Å². The summed E-state index contributed by atoms with van der Waals surface area (Å²) in [7, 11) is 1.33. The first-order valence-corrected chi connectivity index (χ1v) is 19.3. The van der Waals surface area contributed by atoms with Crippen LogP contribution in [0.15, 0.2) is 60.8 Å². The Morgan fingerprint density at radius 2 is 1.72 bits per heavy atom. The molecule has 3 aliphatic rings. The number of H-pyrrole nitrogens is 2. The van der Waals surface area contributed by atoms with Crippen LogP contribution in [-0.2, 0) is 9.47 Å². The molecular formula is C42H51N7O5. The number of amides is 2. The lowest BCUT2D eigenvalue weighted by Gasteiger charge is -2.35. The number of alkyl carbamates (subject to hydrolysis) is 1. The van der Waals surface area contributed by atoms with E-state index in [1.54, 1.807) is 0 Å². The molecule has 2 aromatic heterocycles. The van der Waals surface area contributed by atoms with E-state index in [2.05, 4.69) is 69.9 Å². The van der Waals surface area contributed by atoms with Crippen LogP contribution in [0.5, 0.6) is 0 Å². The number of carbonyl (C=O) groups is 2. The fraction of sp³-hybridized carbons (Fsp3) is 0.476. The molecule has 6 unspecified atom stereocenters. The van der Waals surface area contributed by atoms with E-state index in [0.29, 0.717) is 12.5 Å². The minimum Gasteiger partial charge on any atom is -0.453 e. The molecule has 5 aromatic rings. The Balaban J connectivity index is 0.997. The highest BCUT2D eigenvalue weighted by atomic mass is 16.6. The monoisotopic (exact) mass is 733 g/mol. The molecule has 2 bridgehead atoms. The average Bonchev–Trinajstić information content (AvgIpc) is 3.99. The molecule has 4 heterocycles. The van der Waals surface area contributed by atoms with Gasteiger partial charge in [-0.2, -0.15) is 0 Å². The maximum atomic E-state index is 13.3. The quantitative estimate of drug-likeness (QED) is 0.125. The number of carbonyl (C=O) groups excluding carboxylic acids is 2. The zero-order valence-corrected chi connectivity index (χ0v) is 31.9. The molecule has 4 N–H and O–H groups in total. The minimum absolute atomic E-state index is 0.00295. The van der Waals surface area contributed by atoms with E-state index in [0.717, 1.165) is 87.9 Å². The Labute approximate surface area is 315 Å². The highest BCUT2D eigenvalue weighted by molar-refractivity contribution is 6.05. The second-order valence-corrected chi connectivity index (χ2v) is 16.6. The molecule has 0 radical (unpaired) electrons. The Morgan fingerprint density at radius 1 is 0.963 bits per heavy atom. The van der Waals surface area contributed by atoms with Gasteiger partial charge in [-0.25, -0.2) is 19.6 Å². The maximum Gasteiger partial charge on any atom is 0.411 e. The number of fused-ring (bicyclic) bond motifs is 5. The van der Waals surface area contributed by atoms with Crippen LogP contribution >= 0.6 is 0 Å². The normalized spacial score (nSPS) is 22.7. The van der Waals surface area contributed by atoms with E-state index in [1.165, 1.54) is 7.11 Å². The largest absolute Gasteiger partial charge is 0.453 e. The summed E-state index contributed by atoms with van der Waals surface area (Å²) in [6, 6.07) is 18.7. The summed E-state index contributed by atoms with van der Waals surface area (Å²) >= 11 is 0. The zero-order chi connectivity index (χ0) is 37.9. The van der Waals surface area contributed by atoms with Crippen LogP contribution in [0.25, 0.3) is 44.2 Å². The number of piperidine rings is 1. The second kappa shape index (κ2) is 14.0. The van der Waals surface area contributed by atoms with Crippen LogP contribution in [-0.4, -0.2) is 84.6 Å². The van der Waals surface area contributed by atoms with Gasteiger partial charge in [-0.15, -0.1) is 0 Å². The number of hydrogen-bond acceptors (Lipinski definition) is 8. The number of aliphatic hydroxyl groups is 1. The molecule has 3 fully saturated rings. The molecule has 2 amide bonds. The number of aromatic amines is 2. The van der Waals surface area contributed by atoms with Crippen molar-refractivity contribution >= 4 is 34.0 Å². The predicted molar refractivity (Wildman–Crippen MR) is 207 cm³/mol. The van der Waals surface area contributed by atoms with Crippen LogP contribution in [0.2, 0.25) is 0 Å². The molecule has 6 atom stereocenters. The number of aromatic nitrogens is 4. The van der Waals surface area contributed by atoms with Crippen LogP contribution in [0, 0.1) is 11.8 Å². The van der Waals surface area contributed by atoms with E-state index < -0.39 is 24.0 Å². The summed E-state index contributed by atoms with van der Waals surface area (Å²) in [5.74, 6) is 2.01. The fourth-order valence-corrected chi connectivity index (χ4v) is 8.94. The summed E-state index contributed by atoms with van der Waals surface area (Å²) < 4.78 is 10.6. The maximum absolute atomic E-state index is 13.3. The molecule has 8 rings (SSSR count). The van der Waals surface area contributed by atoms with Crippen LogP contribution in [0.4, 0.5) is 9.59 Å². The van der Waals surface area contributed by atoms with Crippen molar-refractivity contribution in [1.82, 2.24) is 35.1 Å². The fourth-order valence-electron chi connectivity index (χ4n) is 8.94. The van der Waals surface area contributed by atoms with Crippen molar-refractivity contribution in [2.45, 2.75) is 103 Å². The number of nitrogens with zero attached hydrogens (tertiary/aromatic N) is 4. The smallest absolute Gasteiger partial charge is 0.411 e. The summed E-state index contributed by atoms with van der Waals surface area (Å²) in [5, 5.41) is 16.3. The van der Waals surface area contributed by atoms with Gasteiger partial charge in [0.05, 0.1) is 48.2 Å². The highest BCUT2D eigenvalue weighted by Gasteiger charge is 2.51. The van der Waals surface area contributed by atoms with Gasteiger partial charge >= 0.3 is 12.2 Å². The Bertz CT molecular complexity index is 2170. The summed E-state index contributed by atoms with van der Waals surface area (Å²) in [4.78, 5) is 46.2. The molecule has 12 nitrogen and oxygen atoms in total. The first-order chi connectivity index (χ1) is 25.9. The topological polar surface area (TPSA) is 149 Å². The number of likely N-dealkylation sites (tertiary alicyclic amines) is 2. The predicted octanol–water partition coefficient (Wildman–Crippen LogP) is 8.07. The van der Waals surface area contributed by atoms with Crippen molar-refractivity contribution in [1.29, 1.82) is 0 Å². The van der Waals surface area contributed by atoms with Crippen LogP contribution in [0.3, 0.4) is 0 Å². The van der Waals surface area contributed by atoms with Gasteiger partial charge in [0.2, 0.25) is 0 Å². The van der Waals surface area contributed by atoms with Gasteiger partial charge in [0.15, 0.2) is 0 Å². The van der Waals surface area contributed by atoms with Gasteiger partial charge in [0.1, 0.15) is 23.5 Å². The molecule has 3 aromatic carbocycles.